The second-order valence-electron chi connectivity index (χ2n) is 5.03. The molecule has 0 aliphatic heterocycles. The molecule has 0 aromatic carbocycles. The third kappa shape index (κ3) is 2.61. The maximum atomic E-state index is 6.17. The first-order valence-electron chi connectivity index (χ1n) is 6.27. The molecule has 0 saturated heterocycles. The predicted octanol–water partition coefficient (Wildman–Crippen LogP) is 1.75. The lowest BCUT2D eigenvalue weighted by atomic mass is 10.1. The van der Waals surface area contributed by atoms with Gasteiger partial charge < -0.3 is 5.73 Å². The molecule has 0 aliphatic rings. The van der Waals surface area contributed by atoms with Crippen molar-refractivity contribution in [2.24, 2.45) is 12.8 Å². The van der Waals surface area contributed by atoms with E-state index in [0.717, 1.165) is 23.5 Å². The number of hydrogen-bond acceptors (Lipinski definition) is 3. The Labute approximate surface area is 108 Å². The van der Waals surface area contributed by atoms with Crippen LogP contribution >= 0.6 is 0 Å². The molecule has 2 aromatic rings. The molecule has 5 heteroatoms. The maximum Gasteiger partial charge on any atom is 0.0798 e. The van der Waals surface area contributed by atoms with Crippen LogP contribution in [0, 0.1) is 6.92 Å². The molecule has 0 radical (unpaired) electrons. The van der Waals surface area contributed by atoms with Crippen molar-refractivity contribution >= 4 is 0 Å². The third-order valence-corrected chi connectivity index (χ3v) is 3.13. The minimum atomic E-state index is -0.0968. The molecular weight excluding hydrogens is 226 g/mol. The zero-order valence-electron chi connectivity index (χ0n) is 11.5. The summed E-state index contributed by atoms with van der Waals surface area (Å²) in [6, 6.07) is 4.34. The van der Waals surface area contributed by atoms with Crippen LogP contribution in [0.5, 0.6) is 0 Å². The van der Waals surface area contributed by atoms with Gasteiger partial charge in [0.2, 0.25) is 0 Å². The number of nitrogens with zero attached hydrogens (tertiary/aromatic N) is 4. The van der Waals surface area contributed by atoms with Crippen LogP contribution in [0.4, 0.5) is 0 Å². The number of rotatable bonds is 4. The fourth-order valence-corrected chi connectivity index (χ4v) is 1.87. The van der Waals surface area contributed by atoms with Crippen LogP contribution in [-0.4, -0.2) is 19.6 Å². The predicted molar refractivity (Wildman–Crippen MR) is 71.2 cm³/mol. The first-order chi connectivity index (χ1) is 8.47. The Morgan fingerprint density at radius 3 is 2.56 bits per heavy atom. The van der Waals surface area contributed by atoms with Gasteiger partial charge in [-0.3, -0.25) is 9.36 Å². The fourth-order valence-electron chi connectivity index (χ4n) is 1.87. The molecular formula is C13H21N5. The van der Waals surface area contributed by atoms with Gasteiger partial charge in [0.1, 0.15) is 0 Å². The van der Waals surface area contributed by atoms with Crippen molar-refractivity contribution in [3.8, 4) is 0 Å². The van der Waals surface area contributed by atoms with E-state index in [9.17, 15) is 0 Å². The van der Waals surface area contributed by atoms with Crippen LogP contribution in [-0.2, 0) is 13.5 Å². The molecule has 2 N–H and O–H groups in total. The first kappa shape index (κ1) is 12.8. The molecule has 2 aromatic heterocycles. The van der Waals surface area contributed by atoms with Crippen molar-refractivity contribution < 1.29 is 0 Å². The lowest BCUT2D eigenvalue weighted by Crippen LogP contribution is -2.15. The van der Waals surface area contributed by atoms with Crippen LogP contribution in [0.2, 0.25) is 0 Å². The molecule has 18 heavy (non-hydrogen) atoms. The summed E-state index contributed by atoms with van der Waals surface area (Å²) in [4.78, 5) is 0. The van der Waals surface area contributed by atoms with Crippen molar-refractivity contribution in [3.05, 3.63) is 35.4 Å². The Morgan fingerprint density at radius 2 is 2.06 bits per heavy atom. The summed E-state index contributed by atoms with van der Waals surface area (Å²) in [6.45, 7) is 6.24. The summed E-state index contributed by atoms with van der Waals surface area (Å²) in [5, 5.41) is 8.91. The van der Waals surface area contributed by atoms with Gasteiger partial charge in [0, 0.05) is 31.4 Å². The van der Waals surface area contributed by atoms with Crippen LogP contribution in [0.25, 0.3) is 0 Å². The standard InChI is InChI=1S/C13H21N5/c1-9(2)18-6-5-11(15-18)8-12(14)13-7-10(3)17(4)16-13/h5-7,9,12H,8,14H2,1-4H3. The normalized spacial score (nSPS) is 13.2. The van der Waals surface area contributed by atoms with Crippen molar-refractivity contribution in [3.63, 3.8) is 0 Å². The Hall–Kier alpha value is -1.62. The Morgan fingerprint density at radius 1 is 1.33 bits per heavy atom. The first-order valence-corrected chi connectivity index (χ1v) is 6.27. The highest BCUT2D eigenvalue weighted by Gasteiger charge is 2.13. The maximum absolute atomic E-state index is 6.17. The SMILES string of the molecule is Cc1cc(C(N)Cc2ccn(C(C)C)n2)nn1C. The van der Waals surface area contributed by atoms with Gasteiger partial charge >= 0.3 is 0 Å². The zero-order chi connectivity index (χ0) is 13.3. The molecule has 0 aliphatic carbocycles. The van der Waals surface area contributed by atoms with E-state index in [0.29, 0.717) is 6.04 Å². The average molecular weight is 247 g/mol. The van der Waals surface area contributed by atoms with E-state index in [-0.39, 0.29) is 6.04 Å². The highest BCUT2D eigenvalue weighted by atomic mass is 15.3. The number of aromatic nitrogens is 4. The Balaban J connectivity index is 2.08. The van der Waals surface area contributed by atoms with Gasteiger partial charge in [-0.25, -0.2) is 0 Å². The van der Waals surface area contributed by atoms with Gasteiger partial charge in [-0.2, -0.15) is 10.2 Å². The second kappa shape index (κ2) is 4.94. The zero-order valence-corrected chi connectivity index (χ0v) is 11.5. The average Bonchev–Trinajstić information content (AvgIpc) is 2.87. The quantitative estimate of drug-likeness (QED) is 0.895. The number of nitrogens with two attached hydrogens (primary N) is 1. The molecule has 0 amide bonds. The largest absolute Gasteiger partial charge is 0.322 e. The van der Waals surface area contributed by atoms with Crippen molar-refractivity contribution in [2.45, 2.75) is 39.3 Å². The summed E-state index contributed by atoms with van der Waals surface area (Å²) in [7, 11) is 1.93. The molecule has 0 fully saturated rings. The molecule has 2 rings (SSSR count). The fraction of sp³-hybridized carbons (Fsp3) is 0.538. The van der Waals surface area contributed by atoms with E-state index in [4.69, 9.17) is 5.73 Å². The molecule has 5 nitrogen and oxygen atoms in total. The Bertz CT molecular complexity index is 504. The van der Waals surface area contributed by atoms with Crippen LogP contribution < -0.4 is 5.73 Å². The van der Waals surface area contributed by atoms with E-state index in [1.807, 2.05) is 41.7 Å². The van der Waals surface area contributed by atoms with Gasteiger partial charge in [0.15, 0.2) is 0 Å². The molecule has 1 unspecified atom stereocenters. The third-order valence-electron chi connectivity index (χ3n) is 3.13. The summed E-state index contributed by atoms with van der Waals surface area (Å²) in [5.41, 5.74) is 9.23. The van der Waals surface area contributed by atoms with Crippen molar-refractivity contribution in [1.82, 2.24) is 19.6 Å². The van der Waals surface area contributed by atoms with Gasteiger partial charge in [-0.05, 0) is 32.9 Å². The highest BCUT2D eigenvalue weighted by molar-refractivity contribution is 5.15. The Kier molecular flexibility index (Phi) is 3.52. The summed E-state index contributed by atoms with van der Waals surface area (Å²) >= 11 is 0. The molecule has 0 spiro atoms. The minimum absolute atomic E-state index is 0.0968. The van der Waals surface area contributed by atoms with Crippen molar-refractivity contribution in [1.29, 1.82) is 0 Å². The van der Waals surface area contributed by atoms with Gasteiger partial charge in [-0.1, -0.05) is 0 Å². The van der Waals surface area contributed by atoms with E-state index in [1.54, 1.807) is 0 Å². The molecule has 2 heterocycles. The second-order valence-corrected chi connectivity index (χ2v) is 5.03. The van der Waals surface area contributed by atoms with Crippen LogP contribution in [0.3, 0.4) is 0 Å². The molecule has 0 saturated carbocycles. The van der Waals surface area contributed by atoms with Crippen LogP contribution in [0.1, 0.15) is 43.0 Å². The lowest BCUT2D eigenvalue weighted by Gasteiger charge is -2.07. The van der Waals surface area contributed by atoms with E-state index < -0.39 is 0 Å². The summed E-state index contributed by atoms with van der Waals surface area (Å²) in [6.07, 6.45) is 2.71. The van der Waals surface area contributed by atoms with Gasteiger partial charge in [0.25, 0.3) is 0 Å². The molecule has 98 valence electrons. The van der Waals surface area contributed by atoms with Gasteiger partial charge in [-0.15, -0.1) is 0 Å². The topological polar surface area (TPSA) is 61.7 Å². The minimum Gasteiger partial charge on any atom is -0.322 e. The smallest absolute Gasteiger partial charge is 0.0798 e. The molecule has 1 atom stereocenters. The van der Waals surface area contributed by atoms with Crippen molar-refractivity contribution in [2.75, 3.05) is 0 Å². The van der Waals surface area contributed by atoms with E-state index in [2.05, 4.69) is 24.0 Å². The molecule has 0 bridgehead atoms. The van der Waals surface area contributed by atoms with Crippen LogP contribution in [0.15, 0.2) is 18.3 Å². The number of hydrogen-bond donors (Lipinski definition) is 1. The van der Waals surface area contributed by atoms with E-state index in [1.165, 1.54) is 0 Å². The lowest BCUT2D eigenvalue weighted by molar-refractivity contribution is 0.521. The monoisotopic (exact) mass is 247 g/mol. The van der Waals surface area contributed by atoms with E-state index >= 15 is 0 Å². The summed E-state index contributed by atoms with van der Waals surface area (Å²) in [5.74, 6) is 0. The highest BCUT2D eigenvalue weighted by Crippen LogP contribution is 2.15. The summed E-state index contributed by atoms with van der Waals surface area (Å²) < 4.78 is 3.80. The van der Waals surface area contributed by atoms with Gasteiger partial charge in [0.05, 0.1) is 17.4 Å². The number of aryl methyl sites for hydroxylation is 2.